The molecule has 5 heterocycles. The minimum absolute atomic E-state index is 0.672. The van der Waals surface area contributed by atoms with Gasteiger partial charge in [0.15, 0.2) is 0 Å². The molecule has 0 aliphatic carbocycles. The first kappa shape index (κ1) is 25.2. The molecular weight excluding hydrogens is 566 g/mol. The van der Waals surface area contributed by atoms with Crippen molar-refractivity contribution in [1.82, 2.24) is 14.5 Å². The van der Waals surface area contributed by atoms with Gasteiger partial charge in [-0.05, 0) is 54.6 Å². The van der Waals surface area contributed by atoms with Crippen LogP contribution in [0.2, 0.25) is 0 Å². The van der Waals surface area contributed by atoms with Crippen molar-refractivity contribution in [1.29, 1.82) is 0 Å². The minimum Gasteiger partial charge on any atom is -0.457 e. The van der Waals surface area contributed by atoms with E-state index in [1.54, 1.807) is 0 Å². The third-order valence-corrected chi connectivity index (χ3v) is 9.43. The van der Waals surface area contributed by atoms with Crippen LogP contribution in [-0.2, 0) is 5.41 Å². The number of hydrogen-bond donors (Lipinski definition) is 0. The fourth-order valence-electron chi connectivity index (χ4n) is 7.55. The summed E-state index contributed by atoms with van der Waals surface area (Å²) in [5, 5.41) is 2.29. The molecule has 2 aliphatic heterocycles. The van der Waals surface area contributed by atoms with Crippen LogP contribution in [0.1, 0.15) is 22.3 Å². The lowest BCUT2D eigenvalue weighted by molar-refractivity contribution is 0.399. The average molecular weight is 592 g/mol. The van der Waals surface area contributed by atoms with Gasteiger partial charge in [0.1, 0.15) is 28.6 Å². The van der Waals surface area contributed by atoms with Gasteiger partial charge in [0.25, 0.3) is 0 Å². The second-order valence-electron chi connectivity index (χ2n) is 11.8. The van der Waals surface area contributed by atoms with Crippen molar-refractivity contribution in [3.05, 3.63) is 174 Å². The van der Waals surface area contributed by atoms with E-state index in [1.165, 1.54) is 5.39 Å². The van der Waals surface area contributed by atoms with Crippen LogP contribution in [0.25, 0.3) is 38.9 Å². The number of hydrogen-bond acceptors (Lipinski definition) is 4. The van der Waals surface area contributed by atoms with E-state index in [0.29, 0.717) is 0 Å². The molecule has 0 saturated carbocycles. The van der Waals surface area contributed by atoms with Gasteiger partial charge in [-0.25, -0.2) is 4.98 Å². The summed E-state index contributed by atoms with van der Waals surface area (Å²) >= 11 is 0. The van der Waals surface area contributed by atoms with Gasteiger partial charge >= 0.3 is 0 Å². The van der Waals surface area contributed by atoms with Crippen LogP contribution in [0.4, 0.5) is 0 Å². The quantitative estimate of drug-likeness (QED) is 0.201. The molecule has 1 spiro atoms. The summed E-state index contributed by atoms with van der Waals surface area (Å²) in [5.41, 5.74) is 8.53. The van der Waals surface area contributed by atoms with Gasteiger partial charge in [-0.2, -0.15) is 0 Å². The first-order valence-electron chi connectivity index (χ1n) is 15.4. The van der Waals surface area contributed by atoms with E-state index >= 15 is 0 Å². The highest BCUT2D eigenvalue weighted by Crippen LogP contribution is 2.61. The van der Waals surface area contributed by atoms with Crippen LogP contribution in [0, 0.1) is 0 Å². The monoisotopic (exact) mass is 591 g/mol. The molecule has 46 heavy (non-hydrogen) atoms. The smallest absolute Gasteiger partial charge is 0.145 e. The van der Waals surface area contributed by atoms with Gasteiger partial charge in [0.2, 0.25) is 0 Å². The fourth-order valence-corrected chi connectivity index (χ4v) is 7.55. The number of rotatable bonds is 2. The molecule has 1 unspecified atom stereocenters. The van der Waals surface area contributed by atoms with E-state index in [1.807, 2.05) is 48.8 Å². The highest BCUT2D eigenvalue weighted by Gasteiger charge is 2.50. The maximum Gasteiger partial charge on any atom is 0.145 e. The fraction of sp³-hybridized carbons (Fsp3) is 0.0244. The van der Waals surface area contributed by atoms with E-state index < -0.39 is 5.41 Å². The number of aromatic nitrogens is 3. The van der Waals surface area contributed by atoms with Crippen molar-refractivity contribution < 1.29 is 9.47 Å². The zero-order valence-corrected chi connectivity index (χ0v) is 24.6. The Kier molecular flexibility index (Phi) is 5.14. The standard InChI is InChI=1S/C41H25N3O2/c1-4-15-35-28(10-1)29-11-9-23-43-40(29)44(35)27-19-21-33-39(25-27)46-37-17-6-3-13-31(37)41(33)30-12-2-5-16-36(30)45-38-24-26(18-20-32(38)41)34-14-7-8-22-42-34/h1-25H. The predicted molar refractivity (Wildman–Crippen MR) is 180 cm³/mol. The minimum atomic E-state index is -0.672. The van der Waals surface area contributed by atoms with E-state index in [2.05, 4.69) is 113 Å². The van der Waals surface area contributed by atoms with Crippen molar-refractivity contribution in [3.8, 4) is 39.9 Å². The summed E-state index contributed by atoms with van der Waals surface area (Å²) in [6.07, 6.45) is 3.68. The van der Waals surface area contributed by atoms with E-state index in [9.17, 15) is 0 Å². The van der Waals surface area contributed by atoms with Crippen molar-refractivity contribution in [2.75, 3.05) is 0 Å². The van der Waals surface area contributed by atoms with Crippen molar-refractivity contribution >= 4 is 21.9 Å². The molecule has 0 radical (unpaired) electrons. The van der Waals surface area contributed by atoms with E-state index in [-0.39, 0.29) is 0 Å². The Bertz CT molecular complexity index is 2430. The number of ether oxygens (including phenoxy) is 2. The van der Waals surface area contributed by atoms with Crippen LogP contribution in [-0.4, -0.2) is 14.5 Å². The molecule has 0 N–H and O–H groups in total. The topological polar surface area (TPSA) is 49.2 Å². The van der Waals surface area contributed by atoms with E-state index in [4.69, 9.17) is 14.5 Å². The molecule has 10 rings (SSSR count). The Morgan fingerprint density at radius 3 is 1.89 bits per heavy atom. The van der Waals surface area contributed by atoms with Gasteiger partial charge in [0.05, 0.1) is 22.3 Å². The van der Waals surface area contributed by atoms with Crippen LogP contribution in [0.3, 0.4) is 0 Å². The third kappa shape index (κ3) is 3.34. The second-order valence-corrected chi connectivity index (χ2v) is 11.8. The molecule has 216 valence electrons. The van der Waals surface area contributed by atoms with Crippen LogP contribution < -0.4 is 9.47 Å². The Morgan fingerprint density at radius 1 is 0.478 bits per heavy atom. The highest BCUT2D eigenvalue weighted by atomic mass is 16.5. The van der Waals surface area contributed by atoms with Crippen molar-refractivity contribution in [2.24, 2.45) is 0 Å². The molecule has 1 atom stereocenters. The summed E-state index contributed by atoms with van der Waals surface area (Å²) < 4.78 is 15.7. The van der Waals surface area contributed by atoms with Gasteiger partial charge in [-0.1, -0.05) is 78.9 Å². The van der Waals surface area contributed by atoms with Gasteiger partial charge in [-0.3, -0.25) is 9.55 Å². The highest BCUT2D eigenvalue weighted by molar-refractivity contribution is 6.07. The van der Waals surface area contributed by atoms with Crippen LogP contribution in [0.5, 0.6) is 23.0 Å². The van der Waals surface area contributed by atoms with Crippen molar-refractivity contribution in [3.63, 3.8) is 0 Å². The molecule has 8 aromatic rings. The molecule has 5 nitrogen and oxygen atoms in total. The lowest BCUT2D eigenvalue weighted by atomic mass is 9.62. The second kappa shape index (κ2) is 9.40. The van der Waals surface area contributed by atoms with Crippen LogP contribution in [0.15, 0.2) is 152 Å². The number of fused-ring (bicyclic) bond motifs is 11. The third-order valence-electron chi connectivity index (χ3n) is 9.43. The summed E-state index contributed by atoms with van der Waals surface area (Å²) in [7, 11) is 0. The lowest BCUT2D eigenvalue weighted by Gasteiger charge is -2.45. The molecule has 5 aromatic carbocycles. The SMILES string of the molecule is c1ccc(-c2ccc3c(c2)Oc2ccccc2C32c3ccccc3Oc3cc(-n4c5ccccc5c5cccnc54)ccc32)nc1. The van der Waals surface area contributed by atoms with Crippen molar-refractivity contribution in [2.45, 2.75) is 5.41 Å². The molecule has 3 aromatic heterocycles. The Balaban J connectivity index is 1.27. The normalized spacial score (nSPS) is 15.8. The zero-order valence-electron chi connectivity index (χ0n) is 24.6. The maximum atomic E-state index is 6.81. The van der Waals surface area contributed by atoms with Gasteiger partial charge < -0.3 is 9.47 Å². The summed E-state index contributed by atoms with van der Waals surface area (Å²) in [6.45, 7) is 0. The largest absolute Gasteiger partial charge is 0.457 e. The number of pyridine rings is 2. The Labute approximate surface area is 265 Å². The van der Waals surface area contributed by atoms with E-state index in [0.717, 1.165) is 78.7 Å². The molecule has 5 heteroatoms. The summed E-state index contributed by atoms with van der Waals surface area (Å²) in [6, 6.07) is 48.3. The molecule has 0 saturated heterocycles. The molecule has 0 fully saturated rings. The average Bonchev–Trinajstić information content (AvgIpc) is 3.46. The van der Waals surface area contributed by atoms with Gasteiger partial charge in [0, 0.05) is 57.0 Å². The summed E-state index contributed by atoms with van der Waals surface area (Å²) in [5.74, 6) is 3.25. The van der Waals surface area contributed by atoms with Gasteiger partial charge in [-0.15, -0.1) is 0 Å². The molecule has 0 bridgehead atoms. The zero-order chi connectivity index (χ0) is 30.2. The number of benzene rings is 5. The number of nitrogens with zero attached hydrogens (tertiary/aromatic N) is 3. The lowest BCUT2D eigenvalue weighted by Crippen LogP contribution is -2.36. The summed E-state index contributed by atoms with van der Waals surface area (Å²) in [4.78, 5) is 9.43. The Hall–Kier alpha value is -6.20. The maximum absolute atomic E-state index is 6.81. The van der Waals surface area contributed by atoms with Crippen LogP contribution >= 0.6 is 0 Å². The molecular formula is C41H25N3O2. The molecule has 0 amide bonds. The molecule has 2 aliphatic rings. The first-order valence-corrected chi connectivity index (χ1v) is 15.4. The first-order chi connectivity index (χ1) is 22.8. The number of para-hydroxylation sites is 3. The predicted octanol–water partition coefficient (Wildman–Crippen LogP) is 9.83. The Morgan fingerprint density at radius 2 is 1.11 bits per heavy atom.